The van der Waals surface area contributed by atoms with Crippen molar-refractivity contribution in [1.82, 2.24) is 0 Å². The highest BCUT2D eigenvalue weighted by Crippen LogP contribution is 2.60. The van der Waals surface area contributed by atoms with Crippen LogP contribution in [0.1, 0.15) is 11.7 Å². The Morgan fingerprint density at radius 1 is 0.842 bits per heavy atom. The number of carbonyl (C=O) groups excluding carboxylic acids is 2. The van der Waals surface area contributed by atoms with Gasteiger partial charge in [0.1, 0.15) is 5.76 Å². The van der Waals surface area contributed by atoms with E-state index in [-0.39, 0.29) is 29.6 Å². The van der Waals surface area contributed by atoms with Gasteiger partial charge >= 0.3 is 0 Å². The lowest BCUT2D eigenvalue weighted by Gasteiger charge is -2.17. The van der Waals surface area contributed by atoms with Crippen molar-refractivity contribution in [2.24, 2.45) is 11.8 Å². The van der Waals surface area contributed by atoms with Crippen LogP contribution in [-0.4, -0.2) is 11.8 Å². The first kappa shape index (κ1) is 10.6. The molecular formula is C15H11NO3. The molecule has 1 aliphatic carbocycles. The zero-order valence-corrected chi connectivity index (χ0v) is 10.0. The summed E-state index contributed by atoms with van der Waals surface area (Å²) in [6, 6.07) is 12.7. The molecule has 0 radical (unpaired) electrons. The van der Waals surface area contributed by atoms with Crippen LogP contribution in [0, 0.1) is 11.8 Å². The van der Waals surface area contributed by atoms with E-state index < -0.39 is 0 Å². The fraction of sp³-hybridized carbons (Fsp3) is 0.200. The van der Waals surface area contributed by atoms with Crippen LogP contribution in [0.25, 0.3) is 0 Å². The molecule has 2 aliphatic rings. The molecule has 0 spiro atoms. The van der Waals surface area contributed by atoms with E-state index in [1.54, 1.807) is 24.5 Å². The highest BCUT2D eigenvalue weighted by Gasteiger charge is 2.69. The topological polar surface area (TPSA) is 50.5 Å². The number of carbonyl (C=O) groups is 2. The molecule has 2 amide bonds. The van der Waals surface area contributed by atoms with E-state index in [1.807, 2.05) is 24.3 Å². The molecule has 19 heavy (non-hydrogen) atoms. The molecule has 94 valence electrons. The van der Waals surface area contributed by atoms with E-state index in [9.17, 15) is 9.59 Å². The Hall–Kier alpha value is -2.36. The number of piperidine rings is 1. The van der Waals surface area contributed by atoms with Gasteiger partial charge in [-0.3, -0.25) is 14.5 Å². The van der Waals surface area contributed by atoms with Crippen molar-refractivity contribution in [3.05, 3.63) is 54.5 Å². The van der Waals surface area contributed by atoms with Crippen LogP contribution in [0.5, 0.6) is 0 Å². The number of amides is 2. The molecule has 4 heteroatoms. The molecule has 1 aromatic carbocycles. The fourth-order valence-corrected chi connectivity index (χ4v) is 3.00. The molecular weight excluding hydrogens is 242 g/mol. The first-order valence-corrected chi connectivity index (χ1v) is 6.25. The molecule has 0 bridgehead atoms. The fourth-order valence-electron chi connectivity index (χ4n) is 3.00. The lowest BCUT2D eigenvalue weighted by molar-refractivity contribution is -0.124. The highest BCUT2D eigenvalue weighted by atomic mass is 16.3. The third-order valence-corrected chi connectivity index (χ3v) is 3.92. The van der Waals surface area contributed by atoms with E-state index in [4.69, 9.17) is 4.42 Å². The number of benzene rings is 1. The molecule has 4 nitrogen and oxygen atoms in total. The van der Waals surface area contributed by atoms with Crippen LogP contribution in [0.4, 0.5) is 5.69 Å². The van der Waals surface area contributed by atoms with Gasteiger partial charge in [-0.15, -0.1) is 0 Å². The maximum absolute atomic E-state index is 12.3. The summed E-state index contributed by atoms with van der Waals surface area (Å²) in [7, 11) is 0. The van der Waals surface area contributed by atoms with Gasteiger partial charge in [-0.1, -0.05) is 18.2 Å². The predicted octanol–water partition coefficient (Wildman–Crippen LogP) is 2.18. The third kappa shape index (κ3) is 1.34. The minimum atomic E-state index is -0.237. The van der Waals surface area contributed by atoms with Crippen molar-refractivity contribution in [2.45, 2.75) is 5.92 Å². The Bertz CT molecular complexity index is 625. The monoisotopic (exact) mass is 253 g/mol. The molecule has 2 fully saturated rings. The number of hydrogen-bond acceptors (Lipinski definition) is 3. The Kier molecular flexibility index (Phi) is 1.98. The van der Waals surface area contributed by atoms with Gasteiger partial charge in [-0.05, 0) is 24.3 Å². The number of hydrogen-bond donors (Lipinski definition) is 0. The maximum atomic E-state index is 12.3. The van der Waals surface area contributed by atoms with Crippen LogP contribution in [0.2, 0.25) is 0 Å². The minimum Gasteiger partial charge on any atom is -0.469 e. The average Bonchev–Trinajstić information content (AvgIpc) is 2.81. The normalized spacial score (nSPS) is 28.6. The summed E-state index contributed by atoms with van der Waals surface area (Å²) in [6.07, 6.45) is 1.58. The zero-order chi connectivity index (χ0) is 13.0. The maximum Gasteiger partial charge on any atom is 0.238 e. The first-order chi connectivity index (χ1) is 9.29. The van der Waals surface area contributed by atoms with Gasteiger partial charge in [-0.25, -0.2) is 0 Å². The molecule has 1 saturated carbocycles. The van der Waals surface area contributed by atoms with Crippen molar-refractivity contribution < 1.29 is 14.0 Å². The second kappa shape index (κ2) is 3.57. The molecule has 2 heterocycles. The van der Waals surface area contributed by atoms with Crippen molar-refractivity contribution in [2.75, 3.05) is 4.90 Å². The standard InChI is InChI=1S/C15H11NO3/c17-14-12-11(10-7-4-8-19-10)13(12)15(18)16(14)9-5-2-1-3-6-9/h1-8,11-13H. The van der Waals surface area contributed by atoms with Gasteiger partial charge in [0, 0.05) is 5.92 Å². The van der Waals surface area contributed by atoms with Crippen LogP contribution >= 0.6 is 0 Å². The number of anilines is 1. The van der Waals surface area contributed by atoms with E-state index in [0.717, 1.165) is 5.76 Å². The average molecular weight is 253 g/mol. The number of para-hydroxylation sites is 1. The van der Waals surface area contributed by atoms with Crippen molar-refractivity contribution in [1.29, 1.82) is 0 Å². The largest absolute Gasteiger partial charge is 0.469 e. The van der Waals surface area contributed by atoms with E-state index >= 15 is 0 Å². The Balaban J connectivity index is 1.65. The second-order valence-electron chi connectivity index (χ2n) is 4.94. The predicted molar refractivity (Wildman–Crippen MR) is 67.4 cm³/mol. The molecule has 1 aliphatic heterocycles. The Labute approximate surface area is 109 Å². The SMILES string of the molecule is O=C1C2C(C(=O)N1c1ccccc1)C2c1ccco1. The third-order valence-electron chi connectivity index (χ3n) is 3.92. The molecule has 2 unspecified atom stereocenters. The minimum absolute atomic E-state index is 0.0602. The summed E-state index contributed by atoms with van der Waals surface area (Å²) in [5, 5.41) is 0. The van der Waals surface area contributed by atoms with Gasteiger partial charge in [0.2, 0.25) is 11.8 Å². The molecule has 1 aromatic heterocycles. The number of imide groups is 1. The van der Waals surface area contributed by atoms with Gasteiger partial charge < -0.3 is 4.42 Å². The van der Waals surface area contributed by atoms with Crippen molar-refractivity contribution >= 4 is 17.5 Å². The van der Waals surface area contributed by atoms with Gasteiger partial charge in [0.15, 0.2) is 0 Å². The molecule has 2 aromatic rings. The Morgan fingerprint density at radius 3 is 2.11 bits per heavy atom. The molecule has 4 rings (SSSR count). The quantitative estimate of drug-likeness (QED) is 0.771. The van der Waals surface area contributed by atoms with Crippen molar-refractivity contribution in [3.8, 4) is 0 Å². The van der Waals surface area contributed by atoms with Crippen molar-refractivity contribution in [3.63, 3.8) is 0 Å². The van der Waals surface area contributed by atoms with Crippen LogP contribution < -0.4 is 4.90 Å². The summed E-state index contributed by atoms with van der Waals surface area (Å²) in [5.74, 6) is -0.0118. The number of furan rings is 1. The van der Waals surface area contributed by atoms with Crippen LogP contribution in [-0.2, 0) is 9.59 Å². The van der Waals surface area contributed by atoms with Crippen LogP contribution in [0.3, 0.4) is 0 Å². The second-order valence-corrected chi connectivity index (χ2v) is 4.94. The lowest BCUT2D eigenvalue weighted by atomic mass is 10.2. The Morgan fingerprint density at radius 2 is 1.53 bits per heavy atom. The first-order valence-electron chi connectivity index (χ1n) is 6.25. The zero-order valence-electron chi connectivity index (χ0n) is 10.0. The molecule has 0 N–H and O–H groups in total. The molecule has 2 atom stereocenters. The van der Waals surface area contributed by atoms with Gasteiger partial charge in [-0.2, -0.15) is 0 Å². The number of rotatable bonds is 2. The summed E-state index contributed by atoms with van der Waals surface area (Å²) >= 11 is 0. The van der Waals surface area contributed by atoms with E-state index in [0.29, 0.717) is 5.69 Å². The summed E-state index contributed by atoms with van der Waals surface area (Å²) < 4.78 is 5.31. The summed E-state index contributed by atoms with van der Waals surface area (Å²) in [5.41, 5.74) is 0.655. The summed E-state index contributed by atoms with van der Waals surface area (Å²) in [6.45, 7) is 0. The number of fused-ring (bicyclic) bond motifs is 1. The van der Waals surface area contributed by atoms with E-state index in [1.165, 1.54) is 4.90 Å². The smallest absolute Gasteiger partial charge is 0.238 e. The lowest BCUT2D eigenvalue weighted by Crippen LogP contribution is -2.34. The number of nitrogens with zero attached hydrogens (tertiary/aromatic N) is 1. The van der Waals surface area contributed by atoms with E-state index in [2.05, 4.69) is 0 Å². The van der Waals surface area contributed by atoms with Crippen LogP contribution in [0.15, 0.2) is 53.1 Å². The highest BCUT2D eigenvalue weighted by molar-refractivity contribution is 6.25. The summed E-state index contributed by atoms with van der Waals surface area (Å²) in [4.78, 5) is 26.0. The molecule has 1 saturated heterocycles. The van der Waals surface area contributed by atoms with Gasteiger partial charge in [0.25, 0.3) is 0 Å². The van der Waals surface area contributed by atoms with Gasteiger partial charge in [0.05, 0.1) is 23.8 Å².